The number of likely N-dealkylation sites (N-methyl/N-ethyl adjacent to an activating group) is 1. The van der Waals surface area contributed by atoms with Crippen molar-refractivity contribution in [3.8, 4) is 22.3 Å². The number of rotatable bonds is 5. The first-order chi connectivity index (χ1) is 15.6. The third-order valence-corrected chi connectivity index (χ3v) is 6.75. The smallest absolute Gasteiger partial charge is 0.137 e. The van der Waals surface area contributed by atoms with Gasteiger partial charge >= 0.3 is 0 Å². The summed E-state index contributed by atoms with van der Waals surface area (Å²) >= 11 is 0. The molecule has 1 fully saturated rings. The third-order valence-electron chi connectivity index (χ3n) is 6.75. The number of anilines is 1. The molecule has 1 aliphatic heterocycles. The molecule has 0 spiro atoms. The van der Waals surface area contributed by atoms with E-state index in [1.165, 1.54) is 27.9 Å². The van der Waals surface area contributed by atoms with Crippen LogP contribution in [0.5, 0.6) is 0 Å². The van der Waals surface area contributed by atoms with Gasteiger partial charge in [-0.05, 0) is 55.9 Å². The molecule has 1 unspecified atom stereocenters. The predicted molar refractivity (Wildman–Crippen MR) is 134 cm³/mol. The molecule has 32 heavy (non-hydrogen) atoms. The van der Waals surface area contributed by atoms with E-state index in [0.29, 0.717) is 6.04 Å². The van der Waals surface area contributed by atoms with Crippen molar-refractivity contribution in [1.29, 1.82) is 0 Å². The van der Waals surface area contributed by atoms with Crippen LogP contribution in [0.4, 0.5) is 5.69 Å². The van der Waals surface area contributed by atoms with Gasteiger partial charge < -0.3 is 20.1 Å². The van der Waals surface area contributed by atoms with E-state index in [4.69, 9.17) is 4.98 Å². The fourth-order valence-electron chi connectivity index (χ4n) is 4.45. The lowest BCUT2D eigenvalue weighted by atomic mass is 10.00. The minimum absolute atomic E-state index is 0.342. The number of benzene rings is 2. The second-order valence-corrected chi connectivity index (χ2v) is 8.79. The van der Waals surface area contributed by atoms with Gasteiger partial charge in [-0.25, -0.2) is 4.98 Å². The van der Waals surface area contributed by atoms with E-state index < -0.39 is 0 Å². The van der Waals surface area contributed by atoms with Crippen molar-refractivity contribution in [1.82, 2.24) is 20.2 Å². The number of aromatic nitrogens is 2. The van der Waals surface area contributed by atoms with Crippen molar-refractivity contribution < 1.29 is 0 Å². The Balaban J connectivity index is 1.42. The van der Waals surface area contributed by atoms with Gasteiger partial charge in [-0.3, -0.25) is 0 Å². The Kier molecular flexibility index (Phi) is 5.68. The molecule has 164 valence electrons. The monoisotopic (exact) mass is 425 g/mol. The fraction of sp³-hybridized carbons (Fsp3) is 0.296. The van der Waals surface area contributed by atoms with Crippen LogP contribution in [-0.2, 0) is 0 Å². The van der Waals surface area contributed by atoms with Crippen molar-refractivity contribution in [3.05, 3.63) is 72.6 Å². The maximum Gasteiger partial charge on any atom is 0.137 e. The summed E-state index contributed by atoms with van der Waals surface area (Å²) in [6.45, 7) is 6.58. The summed E-state index contributed by atoms with van der Waals surface area (Å²) in [6, 6.07) is 20.3. The summed E-state index contributed by atoms with van der Waals surface area (Å²) in [4.78, 5) is 12.9. The molecule has 2 aromatic heterocycles. The number of nitrogens with zero attached hydrogens (tertiary/aromatic N) is 3. The van der Waals surface area contributed by atoms with Crippen molar-refractivity contribution in [2.24, 2.45) is 0 Å². The summed E-state index contributed by atoms with van der Waals surface area (Å²) in [7, 11) is 4.18. The van der Waals surface area contributed by atoms with Gasteiger partial charge in [0, 0.05) is 66.8 Å². The van der Waals surface area contributed by atoms with Crippen LogP contribution in [0.15, 0.2) is 67.0 Å². The molecule has 5 heteroatoms. The van der Waals surface area contributed by atoms with Gasteiger partial charge in [0.05, 0.1) is 0 Å². The molecule has 0 amide bonds. The first-order valence-corrected chi connectivity index (χ1v) is 11.4. The average molecular weight is 426 g/mol. The van der Waals surface area contributed by atoms with E-state index in [1.54, 1.807) is 0 Å². The number of hydrogen-bond donors (Lipinski definition) is 2. The highest BCUT2D eigenvalue weighted by molar-refractivity contribution is 5.95. The first kappa shape index (κ1) is 20.7. The topological polar surface area (TPSA) is 47.2 Å². The van der Waals surface area contributed by atoms with Crippen molar-refractivity contribution >= 4 is 16.7 Å². The van der Waals surface area contributed by atoms with Crippen molar-refractivity contribution in [2.75, 3.05) is 45.2 Å². The molecule has 3 heterocycles. The Morgan fingerprint density at radius 1 is 0.906 bits per heavy atom. The quantitative estimate of drug-likeness (QED) is 0.476. The van der Waals surface area contributed by atoms with Crippen molar-refractivity contribution in [2.45, 2.75) is 13.0 Å². The Morgan fingerprint density at radius 3 is 2.28 bits per heavy atom. The number of hydrogen-bond acceptors (Lipinski definition) is 4. The molecule has 1 saturated heterocycles. The Bertz CT molecular complexity index is 1190. The van der Waals surface area contributed by atoms with E-state index in [9.17, 15) is 0 Å². The van der Waals surface area contributed by atoms with Crippen LogP contribution in [0.25, 0.3) is 33.3 Å². The number of fused-ring (bicyclic) bond motifs is 1. The molecule has 5 nitrogen and oxygen atoms in total. The summed E-state index contributed by atoms with van der Waals surface area (Å²) in [5.41, 5.74) is 8.24. The maximum atomic E-state index is 4.70. The Morgan fingerprint density at radius 2 is 1.59 bits per heavy atom. The highest BCUT2D eigenvalue weighted by Crippen LogP contribution is 2.32. The van der Waals surface area contributed by atoms with Gasteiger partial charge in [-0.2, -0.15) is 0 Å². The van der Waals surface area contributed by atoms with Crippen LogP contribution in [-0.4, -0.2) is 55.1 Å². The normalized spacial score (nSPS) is 15.9. The van der Waals surface area contributed by atoms with E-state index in [0.717, 1.165) is 42.8 Å². The molecule has 2 N–H and O–H groups in total. The summed E-state index contributed by atoms with van der Waals surface area (Å²) in [5.74, 6) is 0. The van der Waals surface area contributed by atoms with Gasteiger partial charge in [0.25, 0.3) is 0 Å². The molecule has 1 aliphatic rings. The molecule has 5 rings (SSSR count). The van der Waals surface area contributed by atoms with Crippen LogP contribution < -0.4 is 10.2 Å². The minimum atomic E-state index is 0.342. The predicted octanol–water partition coefficient (Wildman–Crippen LogP) is 4.93. The molecule has 0 aliphatic carbocycles. The van der Waals surface area contributed by atoms with Gasteiger partial charge in [0.1, 0.15) is 5.65 Å². The standard InChI is InChI=1S/C27H31N5/c1-19(28-2)20-4-6-22(7-5-20)26-18-30-27-25(26)16-23(17-29-27)21-8-10-24(11-9-21)32-14-12-31(3)13-15-32/h4-11,16-19,28H,12-15H2,1-3H3,(H,29,30). The summed E-state index contributed by atoms with van der Waals surface area (Å²) in [6.07, 6.45) is 4.03. The molecular formula is C27H31N5. The lowest BCUT2D eigenvalue weighted by molar-refractivity contribution is 0.313. The molecule has 4 aromatic rings. The molecule has 0 bridgehead atoms. The van der Waals surface area contributed by atoms with Gasteiger partial charge in [0.15, 0.2) is 0 Å². The average Bonchev–Trinajstić information content (AvgIpc) is 3.27. The first-order valence-electron chi connectivity index (χ1n) is 11.4. The van der Waals surface area contributed by atoms with Gasteiger partial charge in [-0.15, -0.1) is 0 Å². The number of nitrogens with one attached hydrogen (secondary N) is 2. The number of piperazine rings is 1. The molecule has 0 saturated carbocycles. The van der Waals surface area contributed by atoms with Crippen LogP contribution in [0, 0.1) is 0 Å². The summed E-state index contributed by atoms with van der Waals surface area (Å²) in [5, 5.41) is 4.45. The highest BCUT2D eigenvalue weighted by Gasteiger charge is 2.15. The van der Waals surface area contributed by atoms with E-state index >= 15 is 0 Å². The van der Waals surface area contributed by atoms with E-state index in [-0.39, 0.29) is 0 Å². The number of pyridine rings is 1. The fourth-order valence-corrected chi connectivity index (χ4v) is 4.45. The van der Waals surface area contributed by atoms with Crippen LogP contribution in [0.3, 0.4) is 0 Å². The molecule has 2 aromatic carbocycles. The molecular weight excluding hydrogens is 394 g/mol. The number of H-pyrrole nitrogens is 1. The second-order valence-electron chi connectivity index (χ2n) is 8.79. The lowest BCUT2D eigenvalue weighted by Crippen LogP contribution is -2.44. The molecule has 1 atom stereocenters. The van der Waals surface area contributed by atoms with Crippen LogP contribution >= 0.6 is 0 Å². The van der Waals surface area contributed by atoms with Crippen LogP contribution in [0.2, 0.25) is 0 Å². The summed E-state index contributed by atoms with van der Waals surface area (Å²) < 4.78 is 0. The number of aromatic amines is 1. The maximum absolute atomic E-state index is 4.70. The zero-order chi connectivity index (χ0) is 22.1. The van der Waals surface area contributed by atoms with Gasteiger partial charge in [0.2, 0.25) is 0 Å². The Labute approximate surface area is 190 Å². The van der Waals surface area contributed by atoms with E-state index in [2.05, 4.69) is 94.9 Å². The van der Waals surface area contributed by atoms with E-state index in [1.807, 2.05) is 13.2 Å². The zero-order valence-corrected chi connectivity index (χ0v) is 19.1. The molecule has 0 radical (unpaired) electrons. The van der Waals surface area contributed by atoms with Crippen LogP contribution in [0.1, 0.15) is 18.5 Å². The largest absolute Gasteiger partial charge is 0.369 e. The van der Waals surface area contributed by atoms with Gasteiger partial charge in [-0.1, -0.05) is 36.4 Å². The van der Waals surface area contributed by atoms with Crippen molar-refractivity contribution in [3.63, 3.8) is 0 Å². The zero-order valence-electron chi connectivity index (χ0n) is 19.1. The minimum Gasteiger partial charge on any atom is -0.369 e. The third kappa shape index (κ3) is 4.01. The highest BCUT2D eigenvalue weighted by atomic mass is 15.2. The SMILES string of the molecule is CNC(C)c1ccc(-c2c[nH]c3ncc(-c4ccc(N5CCN(C)CC5)cc4)cc23)cc1. The second kappa shape index (κ2) is 8.77. The Hall–Kier alpha value is -3.15. The lowest BCUT2D eigenvalue weighted by Gasteiger charge is -2.34.